The zero-order valence-corrected chi connectivity index (χ0v) is 12.9. The van der Waals surface area contributed by atoms with Crippen molar-refractivity contribution in [2.24, 2.45) is 0 Å². The molecule has 2 atom stereocenters. The summed E-state index contributed by atoms with van der Waals surface area (Å²) in [5.41, 5.74) is 2.82. The van der Waals surface area contributed by atoms with E-state index in [0.29, 0.717) is 12.1 Å². The molecule has 1 aliphatic carbocycles. The van der Waals surface area contributed by atoms with Crippen molar-refractivity contribution in [2.45, 2.75) is 64.5 Å². The number of aryl methyl sites for hydroxylation is 1. The molecule has 2 rings (SSSR count). The van der Waals surface area contributed by atoms with Crippen LogP contribution in [0.25, 0.3) is 0 Å². The number of hydrogen-bond acceptors (Lipinski definition) is 2. The third-order valence-electron chi connectivity index (χ3n) is 4.13. The Morgan fingerprint density at radius 3 is 2.47 bits per heavy atom. The third kappa shape index (κ3) is 3.50. The van der Waals surface area contributed by atoms with Crippen LogP contribution in [-0.4, -0.2) is 19.2 Å². The molecule has 106 valence electrons. The van der Waals surface area contributed by atoms with Gasteiger partial charge < -0.3 is 10.1 Å². The highest BCUT2D eigenvalue weighted by atomic mass is 16.5. The molecule has 0 aliphatic heterocycles. The van der Waals surface area contributed by atoms with Crippen LogP contribution < -0.4 is 10.1 Å². The smallest absolute Gasteiger partial charge is 0.122 e. The monoisotopic (exact) mass is 261 g/mol. The van der Waals surface area contributed by atoms with Gasteiger partial charge in [-0.1, -0.05) is 32.9 Å². The summed E-state index contributed by atoms with van der Waals surface area (Å²) in [6.07, 6.45) is 3.88. The van der Waals surface area contributed by atoms with Gasteiger partial charge in [-0.15, -0.1) is 0 Å². The van der Waals surface area contributed by atoms with Crippen LogP contribution in [-0.2, 0) is 5.41 Å². The summed E-state index contributed by atoms with van der Waals surface area (Å²) in [7, 11) is 2.04. The van der Waals surface area contributed by atoms with Crippen molar-refractivity contribution in [3.63, 3.8) is 0 Å². The minimum atomic E-state index is 0.202. The van der Waals surface area contributed by atoms with E-state index in [1.165, 1.54) is 17.5 Å². The molecule has 1 fully saturated rings. The van der Waals surface area contributed by atoms with Gasteiger partial charge in [0.15, 0.2) is 0 Å². The summed E-state index contributed by atoms with van der Waals surface area (Å²) >= 11 is 0. The van der Waals surface area contributed by atoms with Crippen molar-refractivity contribution in [1.82, 2.24) is 5.32 Å². The molecule has 1 aliphatic rings. The highest BCUT2D eigenvalue weighted by Gasteiger charge is 2.25. The van der Waals surface area contributed by atoms with E-state index < -0.39 is 0 Å². The van der Waals surface area contributed by atoms with E-state index in [-0.39, 0.29) is 5.41 Å². The minimum Gasteiger partial charge on any atom is -0.490 e. The molecule has 2 heteroatoms. The zero-order chi connectivity index (χ0) is 14.0. The molecule has 1 aromatic carbocycles. The maximum atomic E-state index is 6.17. The van der Waals surface area contributed by atoms with Crippen molar-refractivity contribution >= 4 is 0 Å². The molecule has 1 aromatic rings. The van der Waals surface area contributed by atoms with Gasteiger partial charge in [-0.25, -0.2) is 0 Å². The fraction of sp³-hybridized carbons (Fsp3) is 0.647. The van der Waals surface area contributed by atoms with Crippen molar-refractivity contribution in [1.29, 1.82) is 0 Å². The van der Waals surface area contributed by atoms with Gasteiger partial charge in [0.05, 0.1) is 0 Å². The van der Waals surface area contributed by atoms with Gasteiger partial charge in [0.25, 0.3) is 0 Å². The first-order chi connectivity index (χ1) is 8.90. The molecule has 2 nitrogen and oxygen atoms in total. The lowest BCUT2D eigenvalue weighted by Crippen LogP contribution is -2.23. The van der Waals surface area contributed by atoms with Crippen LogP contribution in [0.1, 0.15) is 51.2 Å². The average molecular weight is 261 g/mol. The standard InChI is InChI=1S/C17H27NO/c1-12-10-13(17(2,3)4)6-9-16(12)19-15-8-7-14(11-15)18-5/h6,9-10,14-15,18H,7-8,11H2,1-5H3. The Morgan fingerprint density at radius 2 is 1.95 bits per heavy atom. The molecular weight excluding hydrogens is 234 g/mol. The SMILES string of the molecule is CNC1CCC(Oc2ccc(C(C)(C)C)cc2C)C1. The molecule has 2 unspecified atom stereocenters. The topological polar surface area (TPSA) is 21.3 Å². The van der Waals surface area contributed by atoms with Crippen LogP contribution in [0.2, 0.25) is 0 Å². The maximum absolute atomic E-state index is 6.17. The highest BCUT2D eigenvalue weighted by Crippen LogP contribution is 2.30. The van der Waals surface area contributed by atoms with Crippen molar-refractivity contribution < 1.29 is 4.74 Å². The summed E-state index contributed by atoms with van der Waals surface area (Å²) in [4.78, 5) is 0. The molecule has 0 radical (unpaired) electrons. The van der Waals surface area contributed by atoms with Crippen molar-refractivity contribution in [3.05, 3.63) is 29.3 Å². The average Bonchev–Trinajstić information content (AvgIpc) is 2.78. The second-order valence-corrected chi connectivity index (χ2v) is 6.77. The van der Waals surface area contributed by atoms with E-state index in [9.17, 15) is 0 Å². The van der Waals surface area contributed by atoms with Crippen molar-refractivity contribution in [3.8, 4) is 5.75 Å². The predicted octanol–water partition coefficient (Wildman–Crippen LogP) is 3.81. The van der Waals surface area contributed by atoms with Gasteiger partial charge in [-0.3, -0.25) is 0 Å². The Balaban J connectivity index is 2.06. The molecule has 0 amide bonds. The molecule has 1 saturated carbocycles. The Bertz CT molecular complexity index is 433. The molecule has 19 heavy (non-hydrogen) atoms. The molecule has 0 saturated heterocycles. The predicted molar refractivity (Wildman–Crippen MR) is 81.0 cm³/mol. The van der Waals surface area contributed by atoms with E-state index in [2.05, 4.69) is 51.2 Å². The first-order valence-electron chi connectivity index (χ1n) is 7.35. The number of benzene rings is 1. The molecule has 0 spiro atoms. The van der Waals surface area contributed by atoms with Gasteiger partial charge in [0.2, 0.25) is 0 Å². The maximum Gasteiger partial charge on any atom is 0.122 e. The second-order valence-electron chi connectivity index (χ2n) is 6.77. The summed E-state index contributed by atoms with van der Waals surface area (Å²) in [6.45, 7) is 8.89. The molecule has 0 heterocycles. The van der Waals surface area contributed by atoms with Crippen LogP contribution in [0.5, 0.6) is 5.75 Å². The van der Waals surface area contributed by atoms with Crippen LogP contribution in [0.15, 0.2) is 18.2 Å². The number of ether oxygens (including phenoxy) is 1. The lowest BCUT2D eigenvalue weighted by atomic mass is 9.86. The first kappa shape index (κ1) is 14.4. The van der Waals surface area contributed by atoms with Gasteiger partial charge >= 0.3 is 0 Å². The number of nitrogens with one attached hydrogen (secondary N) is 1. The Labute approximate surface area is 117 Å². The van der Waals surface area contributed by atoms with E-state index >= 15 is 0 Å². The van der Waals surface area contributed by atoms with Gasteiger partial charge in [-0.05, 0) is 55.8 Å². The van der Waals surface area contributed by atoms with Gasteiger partial charge in [-0.2, -0.15) is 0 Å². The minimum absolute atomic E-state index is 0.202. The van der Waals surface area contributed by atoms with E-state index in [0.717, 1.165) is 18.6 Å². The second kappa shape index (κ2) is 5.54. The third-order valence-corrected chi connectivity index (χ3v) is 4.13. The quantitative estimate of drug-likeness (QED) is 0.893. The van der Waals surface area contributed by atoms with E-state index in [1.54, 1.807) is 0 Å². The van der Waals surface area contributed by atoms with E-state index in [1.807, 2.05) is 7.05 Å². The summed E-state index contributed by atoms with van der Waals surface area (Å²) in [5, 5.41) is 3.34. The molecule has 0 aromatic heterocycles. The molecular formula is C17H27NO. The van der Waals surface area contributed by atoms with Crippen LogP contribution >= 0.6 is 0 Å². The summed E-state index contributed by atoms with van der Waals surface area (Å²) in [5.74, 6) is 1.05. The Morgan fingerprint density at radius 1 is 1.21 bits per heavy atom. The fourth-order valence-electron chi connectivity index (χ4n) is 2.74. The zero-order valence-electron chi connectivity index (χ0n) is 12.9. The first-order valence-corrected chi connectivity index (χ1v) is 7.35. The Hall–Kier alpha value is -1.02. The van der Waals surface area contributed by atoms with Crippen LogP contribution in [0.3, 0.4) is 0 Å². The fourth-order valence-corrected chi connectivity index (χ4v) is 2.74. The number of hydrogen-bond donors (Lipinski definition) is 1. The molecule has 0 bridgehead atoms. The van der Waals surface area contributed by atoms with Crippen LogP contribution in [0.4, 0.5) is 0 Å². The van der Waals surface area contributed by atoms with Gasteiger partial charge in [0.1, 0.15) is 11.9 Å². The van der Waals surface area contributed by atoms with Crippen molar-refractivity contribution in [2.75, 3.05) is 7.05 Å². The lowest BCUT2D eigenvalue weighted by Gasteiger charge is -2.22. The van der Waals surface area contributed by atoms with Crippen LogP contribution in [0, 0.1) is 6.92 Å². The van der Waals surface area contributed by atoms with Gasteiger partial charge in [0, 0.05) is 6.04 Å². The Kier molecular flexibility index (Phi) is 4.19. The molecule has 1 N–H and O–H groups in total. The number of rotatable bonds is 3. The van der Waals surface area contributed by atoms with E-state index in [4.69, 9.17) is 4.74 Å². The lowest BCUT2D eigenvalue weighted by molar-refractivity contribution is 0.205. The normalized spacial score (nSPS) is 23.6. The largest absolute Gasteiger partial charge is 0.490 e. The highest BCUT2D eigenvalue weighted by molar-refractivity contribution is 5.38. The summed E-state index contributed by atoms with van der Waals surface area (Å²) in [6, 6.07) is 7.23. The summed E-state index contributed by atoms with van der Waals surface area (Å²) < 4.78 is 6.17.